The number of anilines is 1. The van der Waals surface area contributed by atoms with Gasteiger partial charge in [0, 0.05) is 41.8 Å². The lowest BCUT2D eigenvalue weighted by atomic mass is 10.0. The van der Waals surface area contributed by atoms with Gasteiger partial charge >= 0.3 is 0 Å². The highest BCUT2D eigenvalue weighted by atomic mass is 15.1. The smallest absolute Gasteiger partial charge is 0.116 e. The van der Waals surface area contributed by atoms with Crippen molar-refractivity contribution >= 4 is 27.5 Å². The predicted molar refractivity (Wildman–Crippen MR) is 118 cm³/mol. The number of benzene rings is 1. The number of fused-ring (bicyclic) bond motifs is 2. The summed E-state index contributed by atoms with van der Waals surface area (Å²) in [5, 5.41) is 10.0. The predicted octanol–water partition coefficient (Wildman–Crippen LogP) is 4.55. The summed E-state index contributed by atoms with van der Waals surface area (Å²) in [4.78, 5) is 18.7. The lowest BCUT2D eigenvalue weighted by molar-refractivity contribution is 0.578. The van der Waals surface area contributed by atoms with Crippen molar-refractivity contribution in [2.24, 2.45) is 0 Å². The number of nitrogens with zero attached hydrogens (tertiary/aromatic N) is 5. The number of aromatic amines is 2. The number of piperidine rings is 1. The van der Waals surface area contributed by atoms with Crippen molar-refractivity contribution in [3.8, 4) is 22.5 Å². The summed E-state index contributed by atoms with van der Waals surface area (Å²) in [5.41, 5.74) is 7.19. The molecule has 1 aliphatic heterocycles. The van der Waals surface area contributed by atoms with E-state index in [1.807, 2.05) is 24.8 Å². The van der Waals surface area contributed by atoms with Crippen LogP contribution < -0.4 is 4.90 Å². The van der Waals surface area contributed by atoms with Crippen LogP contribution in [0.5, 0.6) is 0 Å². The van der Waals surface area contributed by atoms with E-state index in [2.05, 4.69) is 59.3 Å². The summed E-state index contributed by atoms with van der Waals surface area (Å²) in [6.07, 6.45) is 12.9. The van der Waals surface area contributed by atoms with Gasteiger partial charge in [0.1, 0.15) is 12.0 Å². The minimum Gasteiger partial charge on any atom is -0.370 e. The number of rotatable bonds is 3. The minimum absolute atomic E-state index is 0.907. The fraction of sp³-hybridized carbons (Fsp3) is 0.217. The molecule has 0 bridgehead atoms. The first-order valence-corrected chi connectivity index (χ1v) is 10.3. The number of aromatic nitrogens is 6. The standard InChI is InChI=1S/C23H21N7/c1-2-6-30(7-3-1)22-13-24-12-21-17(22)9-20(27-21)23-18-8-15(4-5-19(18)28-29-23)16-10-25-14-26-11-16/h4-5,8-14,27H,1-3,6-7H2,(H,28,29). The van der Waals surface area contributed by atoms with Crippen LogP contribution in [-0.4, -0.2) is 43.2 Å². The van der Waals surface area contributed by atoms with Gasteiger partial charge in [-0.3, -0.25) is 10.1 Å². The zero-order valence-electron chi connectivity index (χ0n) is 16.5. The van der Waals surface area contributed by atoms with Crippen LogP contribution in [0.3, 0.4) is 0 Å². The summed E-state index contributed by atoms with van der Waals surface area (Å²) in [7, 11) is 0. The average Bonchev–Trinajstić information content (AvgIpc) is 3.43. The number of nitrogens with one attached hydrogen (secondary N) is 2. The Morgan fingerprint density at radius 1 is 0.767 bits per heavy atom. The first-order chi connectivity index (χ1) is 14.9. The monoisotopic (exact) mass is 395 g/mol. The lowest BCUT2D eigenvalue weighted by Crippen LogP contribution is -2.29. The van der Waals surface area contributed by atoms with E-state index in [0.29, 0.717) is 0 Å². The van der Waals surface area contributed by atoms with Crippen LogP contribution in [0.25, 0.3) is 44.3 Å². The Morgan fingerprint density at radius 2 is 1.63 bits per heavy atom. The van der Waals surface area contributed by atoms with Crippen LogP contribution in [0.2, 0.25) is 0 Å². The van der Waals surface area contributed by atoms with Gasteiger partial charge in [-0.15, -0.1) is 0 Å². The second kappa shape index (κ2) is 6.95. The van der Waals surface area contributed by atoms with Gasteiger partial charge in [-0.1, -0.05) is 6.07 Å². The van der Waals surface area contributed by atoms with Gasteiger partial charge < -0.3 is 9.88 Å². The molecule has 0 amide bonds. The summed E-state index contributed by atoms with van der Waals surface area (Å²) in [5.74, 6) is 0. The van der Waals surface area contributed by atoms with Crippen molar-refractivity contribution in [3.63, 3.8) is 0 Å². The fourth-order valence-electron chi connectivity index (χ4n) is 4.40. The molecule has 5 aromatic rings. The number of pyridine rings is 1. The second-order valence-corrected chi connectivity index (χ2v) is 7.81. The molecule has 0 aliphatic carbocycles. The summed E-state index contributed by atoms with van der Waals surface area (Å²) < 4.78 is 0. The van der Waals surface area contributed by atoms with Crippen molar-refractivity contribution in [2.75, 3.05) is 18.0 Å². The van der Waals surface area contributed by atoms with Gasteiger partial charge in [-0.05, 0) is 43.0 Å². The van der Waals surface area contributed by atoms with E-state index in [-0.39, 0.29) is 0 Å². The average molecular weight is 395 g/mol. The Labute approximate surface area is 173 Å². The zero-order valence-corrected chi connectivity index (χ0v) is 16.5. The van der Waals surface area contributed by atoms with Gasteiger partial charge in [0.05, 0.1) is 34.8 Å². The van der Waals surface area contributed by atoms with Crippen LogP contribution in [-0.2, 0) is 0 Å². The largest absolute Gasteiger partial charge is 0.370 e. The summed E-state index contributed by atoms with van der Waals surface area (Å²) in [6.45, 7) is 2.18. The van der Waals surface area contributed by atoms with Crippen molar-refractivity contribution in [1.82, 2.24) is 30.1 Å². The molecule has 0 radical (unpaired) electrons. The van der Waals surface area contributed by atoms with Crippen LogP contribution in [0.15, 0.2) is 55.4 Å². The molecule has 1 fully saturated rings. The van der Waals surface area contributed by atoms with Crippen LogP contribution in [0, 0.1) is 0 Å². The third-order valence-electron chi connectivity index (χ3n) is 5.93. The minimum atomic E-state index is 0.907. The Balaban J connectivity index is 1.47. The third kappa shape index (κ3) is 2.82. The van der Waals surface area contributed by atoms with Gasteiger partial charge in [0.25, 0.3) is 0 Å². The zero-order chi connectivity index (χ0) is 19.9. The van der Waals surface area contributed by atoms with Crippen LogP contribution in [0.1, 0.15) is 19.3 Å². The van der Waals surface area contributed by atoms with E-state index in [4.69, 9.17) is 0 Å². The number of hydrogen-bond donors (Lipinski definition) is 2. The topological polar surface area (TPSA) is 86.4 Å². The lowest BCUT2D eigenvalue weighted by Gasteiger charge is -2.28. The summed E-state index contributed by atoms with van der Waals surface area (Å²) >= 11 is 0. The molecule has 5 heterocycles. The van der Waals surface area contributed by atoms with E-state index in [1.165, 1.54) is 30.3 Å². The molecule has 1 saturated heterocycles. The molecular weight excluding hydrogens is 374 g/mol. The highest BCUT2D eigenvalue weighted by Gasteiger charge is 2.18. The fourth-order valence-corrected chi connectivity index (χ4v) is 4.40. The molecule has 0 unspecified atom stereocenters. The molecule has 6 rings (SSSR count). The first-order valence-electron chi connectivity index (χ1n) is 10.3. The molecule has 0 atom stereocenters. The van der Waals surface area contributed by atoms with Gasteiger partial charge in [-0.25, -0.2) is 9.97 Å². The first kappa shape index (κ1) is 17.1. The van der Waals surface area contributed by atoms with E-state index in [0.717, 1.165) is 52.0 Å². The highest BCUT2D eigenvalue weighted by molar-refractivity contribution is 6.00. The van der Waals surface area contributed by atoms with Crippen molar-refractivity contribution < 1.29 is 0 Å². The normalized spacial score (nSPS) is 14.6. The third-order valence-corrected chi connectivity index (χ3v) is 5.93. The molecule has 30 heavy (non-hydrogen) atoms. The molecule has 0 saturated carbocycles. The molecule has 4 aromatic heterocycles. The second-order valence-electron chi connectivity index (χ2n) is 7.81. The number of hydrogen-bond acceptors (Lipinski definition) is 5. The Bertz CT molecular complexity index is 1330. The van der Waals surface area contributed by atoms with Crippen molar-refractivity contribution in [1.29, 1.82) is 0 Å². The maximum Gasteiger partial charge on any atom is 0.116 e. The Hall–Kier alpha value is -3.74. The van der Waals surface area contributed by atoms with E-state index in [1.54, 1.807) is 6.33 Å². The molecule has 7 heteroatoms. The highest BCUT2D eigenvalue weighted by Crippen LogP contribution is 2.34. The van der Waals surface area contributed by atoms with Crippen molar-refractivity contribution in [3.05, 3.63) is 55.4 Å². The molecule has 0 spiro atoms. The van der Waals surface area contributed by atoms with E-state index < -0.39 is 0 Å². The van der Waals surface area contributed by atoms with E-state index >= 15 is 0 Å². The SMILES string of the molecule is c1ncc(-c2ccc3[nH]nc(-c4cc5c(N6CCCCC6)cncc5[nH]4)c3c2)cn1. The molecular formula is C23H21N7. The Morgan fingerprint density at radius 3 is 2.50 bits per heavy atom. The van der Waals surface area contributed by atoms with E-state index in [9.17, 15) is 0 Å². The Kier molecular flexibility index (Phi) is 3.97. The molecule has 1 aliphatic rings. The quantitative estimate of drug-likeness (QED) is 0.468. The van der Waals surface area contributed by atoms with Gasteiger partial charge in [0.15, 0.2) is 0 Å². The van der Waals surface area contributed by atoms with Crippen molar-refractivity contribution in [2.45, 2.75) is 19.3 Å². The molecule has 1 aromatic carbocycles. The maximum absolute atomic E-state index is 4.62. The van der Waals surface area contributed by atoms with Gasteiger partial charge in [-0.2, -0.15) is 5.10 Å². The summed E-state index contributed by atoms with van der Waals surface area (Å²) in [6, 6.07) is 8.46. The number of H-pyrrole nitrogens is 2. The van der Waals surface area contributed by atoms with Crippen LogP contribution >= 0.6 is 0 Å². The molecule has 7 nitrogen and oxygen atoms in total. The van der Waals surface area contributed by atoms with Gasteiger partial charge in [0.2, 0.25) is 0 Å². The van der Waals surface area contributed by atoms with Crippen LogP contribution in [0.4, 0.5) is 5.69 Å². The maximum atomic E-state index is 4.62. The molecule has 148 valence electrons. The molecule has 2 N–H and O–H groups in total.